The van der Waals surface area contributed by atoms with Gasteiger partial charge in [-0.15, -0.1) is 0 Å². The van der Waals surface area contributed by atoms with E-state index in [-0.39, 0.29) is 49.1 Å². The number of ether oxygens (including phenoxy) is 2. The van der Waals surface area contributed by atoms with Gasteiger partial charge in [0, 0.05) is 34.6 Å². The lowest BCUT2D eigenvalue weighted by Crippen LogP contribution is -2.61. The van der Waals surface area contributed by atoms with E-state index in [1.807, 2.05) is 48.5 Å². The smallest absolute Gasteiger partial charge is 0.320 e. The van der Waals surface area contributed by atoms with Gasteiger partial charge in [-0.05, 0) is 71.2 Å². The molecule has 2 aliphatic heterocycles. The number of halogens is 2. The van der Waals surface area contributed by atoms with Gasteiger partial charge in [0.1, 0.15) is 5.41 Å². The van der Waals surface area contributed by atoms with Crippen LogP contribution in [0, 0.1) is 23.2 Å². The zero-order valence-corrected chi connectivity index (χ0v) is 27.2. The van der Waals surface area contributed by atoms with Crippen molar-refractivity contribution in [2.24, 2.45) is 23.2 Å². The van der Waals surface area contributed by atoms with Crippen molar-refractivity contribution >= 4 is 51.8 Å². The molecule has 0 unspecified atom stereocenters. The Bertz CT molecular complexity index is 1660. The Morgan fingerprint density at radius 1 is 1.07 bits per heavy atom. The molecule has 1 saturated heterocycles. The SMILES string of the molecule is COC(=O)[C@]12C[C@H](CC(=O)NCc3cccc4ccccc34)C(=O)N(Cc3ccc(Cl)cc3Cl)C1=C[C@H](C(C)C)O[C@@H]2C1CC1. The maximum atomic E-state index is 14.4. The van der Waals surface area contributed by atoms with Crippen molar-refractivity contribution in [3.05, 3.63) is 93.6 Å². The van der Waals surface area contributed by atoms with Gasteiger partial charge in [0.05, 0.1) is 25.9 Å². The summed E-state index contributed by atoms with van der Waals surface area (Å²) < 4.78 is 12.2. The lowest BCUT2D eigenvalue weighted by molar-refractivity contribution is -0.182. The Morgan fingerprint density at radius 2 is 1.82 bits per heavy atom. The summed E-state index contributed by atoms with van der Waals surface area (Å²) in [6.45, 7) is 4.56. The fourth-order valence-electron chi connectivity index (χ4n) is 6.97. The van der Waals surface area contributed by atoms with Crippen molar-refractivity contribution in [2.45, 2.75) is 64.8 Å². The highest BCUT2D eigenvalue weighted by atomic mass is 35.5. The molecule has 1 N–H and O–H groups in total. The minimum absolute atomic E-state index is 0.0779. The van der Waals surface area contributed by atoms with Crippen LogP contribution < -0.4 is 5.32 Å². The fourth-order valence-corrected chi connectivity index (χ4v) is 7.44. The molecule has 7 nitrogen and oxygen atoms in total. The number of carbonyl (C=O) groups excluding carboxylic acids is 3. The number of nitrogens with zero attached hydrogens (tertiary/aromatic N) is 1. The van der Waals surface area contributed by atoms with E-state index in [4.69, 9.17) is 32.7 Å². The Balaban J connectivity index is 1.35. The molecule has 4 atom stereocenters. The highest BCUT2D eigenvalue weighted by molar-refractivity contribution is 6.35. The van der Waals surface area contributed by atoms with Crippen LogP contribution in [-0.4, -0.2) is 42.0 Å². The van der Waals surface area contributed by atoms with Gasteiger partial charge < -0.3 is 19.7 Å². The van der Waals surface area contributed by atoms with Gasteiger partial charge in [-0.1, -0.05) is 85.6 Å². The number of fused-ring (bicyclic) bond motifs is 2. The minimum Gasteiger partial charge on any atom is -0.468 e. The van der Waals surface area contributed by atoms with E-state index in [9.17, 15) is 14.4 Å². The number of benzene rings is 3. The standard InChI is InChI=1S/C36H38Cl2N2O5/c1-21(2)30-17-31-36(35(43)44-3,33(45-30)23-11-12-23)18-26(34(42)40(31)20-25-13-14-27(37)16-29(25)38)15-32(41)39-19-24-9-6-8-22-7-4-5-10-28(22)24/h4-10,13-14,16-17,21,23,26,30,33H,11-12,15,18-20H2,1-3H3,(H,39,41)/t26-,30+,33+,36+/m0/s1. The highest BCUT2D eigenvalue weighted by Crippen LogP contribution is 2.57. The molecule has 2 amide bonds. The maximum Gasteiger partial charge on any atom is 0.320 e. The van der Waals surface area contributed by atoms with Crippen LogP contribution in [0.4, 0.5) is 0 Å². The summed E-state index contributed by atoms with van der Waals surface area (Å²) in [5.74, 6) is -1.45. The predicted molar refractivity (Wildman–Crippen MR) is 174 cm³/mol. The average Bonchev–Trinajstić information content (AvgIpc) is 3.87. The molecule has 1 saturated carbocycles. The first-order valence-electron chi connectivity index (χ1n) is 15.6. The van der Waals surface area contributed by atoms with Crippen LogP contribution in [0.15, 0.2) is 72.4 Å². The second kappa shape index (κ2) is 12.8. The topological polar surface area (TPSA) is 84.9 Å². The summed E-state index contributed by atoms with van der Waals surface area (Å²) in [4.78, 5) is 43.6. The van der Waals surface area contributed by atoms with Gasteiger partial charge in [-0.2, -0.15) is 0 Å². The molecule has 2 heterocycles. The fraction of sp³-hybridized carbons (Fsp3) is 0.417. The summed E-state index contributed by atoms with van der Waals surface area (Å²) in [6, 6.07) is 19.2. The summed E-state index contributed by atoms with van der Waals surface area (Å²) in [6.07, 6.45) is 3.05. The number of amides is 2. The number of esters is 1. The lowest BCUT2D eigenvalue weighted by Gasteiger charge is -2.53. The van der Waals surface area contributed by atoms with Crippen molar-refractivity contribution in [3.8, 4) is 0 Å². The Labute approximate surface area is 273 Å². The number of likely N-dealkylation sites (tertiary alicyclic amines) is 1. The molecule has 1 aliphatic carbocycles. The molecule has 2 fully saturated rings. The normalized spacial score (nSPS) is 24.8. The van der Waals surface area contributed by atoms with Crippen molar-refractivity contribution in [1.82, 2.24) is 10.2 Å². The number of hydrogen-bond acceptors (Lipinski definition) is 5. The second-order valence-corrected chi connectivity index (χ2v) is 13.6. The first-order chi connectivity index (χ1) is 21.6. The van der Waals surface area contributed by atoms with Crippen LogP contribution in [0.1, 0.15) is 50.7 Å². The van der Waals surface area contributed by atoms with Crippen molar-refractivity contribution < 1.29 is 23.9 Å². The number of rotatable bonds is 9. The zero-order valence-electron chi connectivity index (χ0n) is 25.7. The van der Waals surface area contributed by atoms with Crippen molar-refractivity contribution in [1.29, 1.82) is 0 Å². The van der Waals surface area contributed by atoms with Gasteiger partial charge in [0.2, 0.25) is 11.8 Å². The molecule has 236 valence electrons. The van der Waals surface area contributed by atoms with Gasteiger partial charge >= 0.3 is 5.97 Å². The molecule has 0 spiro atoms. The van der Waals surface area contributed by atoms with Crippen molar-refractivity contribution in [3.63, 3.8) is 0 Å². The van der Waals surface area contributed by atoms with Gasteiger partial charge in [0.25, 0.3) is 0 Å². The molecule has 0 bridgehead atoms. The van der Waals surface area contributed by atoms with E-state index in [2.05, 4.69) is 19.2 Å². The van der Waals surface area contributed by atoms with Crippen LogP contribution in [0.5, 0.6) is 0 Å². The van der Waals surface area contributed by atoms with Gasteiger partial charge in [0.15, 0.2) is 0 Å². The first kappa shape index (κ1) is 31.6. The second-order valence-electron chi connectivity index (χ2n) is 12.8. The molecule has 0 radical (unpaired) electrons. The summed E-state index contributed by atoms with van der Waals surface area (Å²) in [5.41, 5.74) is 1.01. The number of methoxy groups -OCH3 is 1. The summed E-state index contributed by atoms with van der Waals surface area (Å²) in [5, 5.41) is 6.08. The highest BCUT2D eigenvalue weighted by Gasteiger charge is 2.63. The van der Waals surface area contributed by atoms with Crippen LogP contribution in [0.25, 0.3) is 10.8 Å². The van der Waals surface area contributed by atoms with Gasteiger partial charge in [-0.25, -0.2) is 0 Å². The molecule has 3 aromatic carbocycles. The Morgan fingerprint density at radius 3 is 2.53 bits per heavy atom. The third-order valence-electron chi connectivity index (χ3n) is 9.43. The number of hydrogen-bond donors (Lipinski definition) is 1. The average molecular weight is 650 g/mol. The van der Waals surface area contributed by atoms with E-state index in [1.165, 1.54) is 7.11 Å². The maximum absolute atomic E-state index is 14.4. The Hall–Kier alpha value is -3.39. The molecule has 9 heteroatoms. The van der Waals surface area contributed by atoms with Crippen LogP contribution in [-0.2, 0) is 36.9 Å². The van der Waals surface area contributed by atoms with E-state index >= 15 is 0 Å². The van der Waals surface area contributed by atoms with E-state index in [1.54, 1.807) is 23.1 Å². The number of nitrogens with one attached hydrogen (secondary N) is 1. The Kier molecular flexibility index (Phi) is 8.97. The van der Waals surface area contributed by atoms with Crippen molar-refractivity contribution in [2.75, 3.05) is 7.11 Å². The third-order valence-corrected chi connectivity index (χ3v) is 10.0. The van der Waals surface area contributed by atoms with E-state index in [0.29, 0.717) is 27.9 Å². The van der Waals surface area contributed by atoms with Crippen LogP contribution in [0.2, 0.25) is 10.0 Å². The third kappa shape index (κ3) is 6.10. The van der Waals surface area contributed by atoms with E-state index in [0.717, 1.165) is 29.2 Å². The van der Waals surface area contributed by atoms with Crippen LogP contribution >= 0.6 is 23.2 Å². The first-order valence-corrected chi connectivity index (χ1v) is 16.3. The quantitative estimate of drug-likeness (QED) is 0.251. The molecular weight excluding hydrogens is 611 g/mol. The molecule has 45 heavy (non-hydrogen) atoms. The number of carbonyl (C=O) groups is 3. The predicted octanol–water partition coefficient (Wildman–Crippen LogP) is 7.08. The molecule has 3 aliphatic rings. The minimum atomic E-state index is -1.24. The van der Waals surface area contributed by atoms with E-state index < -0.39 is 23.4 Å². The zero-order chi connectivity index (χ0) is 31.9. The molecule has 0 aromatic heterocycles. The summed E-state index contributed by atoms with van der Waals surface area (Å²) >= 11 is 12.8. The monoisotopic (exact) mass is 648 g/mol. The lowest BCUT2D eigenvalue weighted by atomic mass is 9.64. The largest absolute Gasteiger partial charge is 0.468 e. The van der Waals surface area contributed by atoms with Crippen LogP contribution in [0.3, 0.4) is 0 Å². The van der Waals surface area contributed by atoms with Gasteiger partial charge in [-0.3, -0.25) is 14.4 Å². The summed E-state index contributed by atoms with van der Waals surface area (Å²) in [7, 11) is 1.37. The molecule has 6 rings (SSSR count). The number of piperidine rings is 1. The molecule has 3 aromatic rings. The molecular formula is C36H38Cl2N2O5.